The molecule has 11 heteroatoms. The number of aliphatic imine (C=N–C) groups is 1. The highest BCUT2D eigenvalue weighted by atomic mass is 32.2. The van der Waals surface area contributed by atoms with Crippen LogP contribution in [0.5, 0.6) is 0 Å². The van der Waals surface area contributed by atoms with Gasteiger partial charge in [-0.15, -0.1) is 11.3 Å². The largest absolute Gasteiger partial charge is 0.405 e. The van der Waals surface area contributed by atoms with Gasteiger partial charge in [0, 0.05) is 50.6 Å². The quantitative estimate of drug-likeness (QED) is 0.484. The van der Waals surface area contributed by atoms with Crippen LogP contribution in [0.1, 0.15) is 30.6 Å². The molecule has 9 nitrogen and oxygen atoms in total. The number of carbonyl (C=O) groups excluding carboxylic acids is 1. The smallest absolute Gasteiger partial charge is 0.252 e. The number of nitrogens with zero attached hydrogens (tertiary/aromatic N) is 4. The van der Waals surface area contributed by atoms with E-state index in [0.717, 1.165) is 54.9 Å². The Bertz CT molecular complexity index is 1210. The molecule has 0 bridgehead atoms. The van der Waals surface area contributed by atoms with Crippen LogP contribution in [0.25, 0.3) is 5.70 Å². The second-order valence-electron chi connectivity index (χ2n) is 9.53. The lowest BCUT2D eigenvalue weighted by atomic mass is 9.94. The molecule has 0 radical (unpaired) electrons. The van der Waals surface area contributed by atoms with Crippen LogP contribution in [0.4, 0.5) is 0 Å². The molecule has 1 aromatic heterocycles. The van der Waals surface area contributed by atoms with Gasteiger partial charge in [0.2, 0.25) is 5.91 Å². The Hall–Kier alpha value is -2.73. The van der Waals surface area contributed by atoms with Crippen molar-refractivity contribution in [1.82, 2.24) is 14.1 Å². The summed E-state index contributed by atoms with van der Waals surface area (Å²) in [6.45, 7) is 7.49. The van der Waals surface area contributed by atoms with E-state index in [1.54, 1.807) is 6.07 Å². The van der Waals surface area contributed by atoms with Crippen LogP contribution >= 0.6 is 11.3 Å². The van der Waals surface area contributed by atoms with E-state index >= 15 is 0 Å². The van der Waals surface area contributed by atoms with Gasteiger partial charge in [-0.1, -0.05) is 12.7 Å². The molecule has 3 aliphatic rings. The van der Waals surface area contributed by atoms with E-state index < -0.39 is 10.0 Å². The summed E-state index contributed by atoms with van der Waals surface area (Å²) in [4.78, 5) is 22.6. The SMILES string of the molecule is C=C(N)/C=C(\C=C/N)CN1CCC(C(=O)N2CCN(S(=O)(=O)c3ccc(C4=CCCC=N4)s3)CC2)CC1. The van der Waals surface area contributed by atoms with Crippen LogP contribution in [0.3, 0.4) is 0 Å². The highest BCUT2D eigenvalue weighted by Crippen LogP contribution is 2.32. The lowest BCUT2D eigenvalue weighted by molar-refractivity contribution is -0.138. The third-order valence-electron chi connectivity index (χ3n) is 6.87. The van der Waals surface area contributed by atoms with E-state index in [1.807, 2.05) is 35.4 Å². The van der Waals surface area contributed by atoms with E-state index in [9.17, 15) is 13.2 Å². The number of piperazine rings is 1. The first-order valence-corrected chi connectivity index (χ1v) is 14.9. The summed E-state index contributed by atoms with van der Waals surface area (Å²) >= 11 is 1.26. The molecule has 37 heavy (non-hydrogen) atoms. The fourth-order valence-electron chi connectivity index (χ4n) is 4.91. The van der Waals surface area contributed by atoms with Gasteiger partial charge in [0.05, 0.1) is 10.6 Å². The maximum atomic E-state index is 13.2. The molecule has 0 aromatic carbocycles. The number of carbonyl (C=O) groups is 1. The zero-order valence-corrected chi connectivity index (χ0v) is 22.7. The van der Waals surface area contributed by atoms with Crippen molar-refractivity contribution in [2.75, 3.05) is 45.8 Å². The summed E-state index contributed by atoms with van der Waals surface area (Å²) in [7, 11) is -3.59. The Morgan fingerprint density at radius 2 is 1.86 bits per heavy atom. The number of allylic oxidation sites excluding steroid dienone is 2. The van der Waals surface area contributed by atoms with Crippen molar-refractivity contribution >= 4 is 39.2 Å². The third-order valence-corrected chi connectivity index (χ3v) is 10.3. The monoisotopic (exact) mass is 544 g/mol. The standard InChI is InChI=1S/C26H36N6O3S2/c1-20(28)18-21(7-10-27)19-30-12-8-22(9-13-30)26(33)31-14-16-32(17-15-31)37(34,35)25-6-5-24(36-25)23-4-2-3-11-29-23/h4-7,10-11,18,22H,1-3,8-9,12-17,19,27-28H2/b10-7-,21-18+. The van der Waals surface area contributed by atoms with Gasteiger partial charge in [0.25, 0.3) is 10.0 Å². The van der Waals surface area contributed by atoms with Crippen molar-refractivity contribution in [3.63, 3.8) is 0 Å². The fraction of sp³-hybridized carbons (Fsp3) is 0.462. The van der Waals surface area contributed by atoms with E-state index in [-0.39, 0.29) is 11.8 Å². The summed E-state index contributed by atoms with van der Waals surface area (Å²) < 4.78 is 28.3. The molecular formula is C26H36N6O3S2. The molecule has 4 N–H and O–H groups in total. The molecule has 0 atom stereocenters. The van der Waals surface area contributed by atoms with E-state index in [2.05, 4.69) is 16.5 Å². The molecule has 1 aromatic rings. The second kappa shape index (κ2) is 12.2. The number of hydrogen-bond acceptors (Lipinski definition) is 8. The normalized spacial score (nSPS) is 20.9. The van der Waals surface area contributed by atoms with Crippen molar-refractivity contribution in [1.29, 1.82) is 0 Å². The summed E-state index contributed by atoms with van der Waals surface area (Å²) in [5.41, 5.74) is 13.6. The predicted octanol–water partition coefficient (Wildman–Crippen LogP) is 2.37. The van der Waals surface area contributed by atoms with Crippen molar-refractivity contribution in [3.8, 4) is 0 Å². The zero-order valence-electron chi connectivity index (χ0n) is 21.1. The number of nitrogens with two attached hydrogens (primary N) is 2. The molecule has 0 saturated carbocycles. The van der Waals surface area contributed by atoms with Gasteiger partial charge in [-0.05, 0) is 74.8 Å². The van der Waals surface area contributed by atoms with Crippen LogP contribution in [-0.2, 0) is 14.8 Å². The Labute approximate surface area is 223 Å². The number of sulfonamides is 1. The summed E-state index contributed by atoms with van der Waals surface area (Å²) in [6.07, 6.45) is 12.4. The lowest BCUT2D eigenvalue weighted by Gasteiger charge is -2.38. The number of rotatable bonds is 8. The van der Waals surface area contributed by atoms with Crippen molar-refractivity contribution in [2.24, 2.45) is 22.4 Å². The molecule has 0 spiro atoms. The fourth-order valence-corrected chi connectivity index (χ4v) is 7.78. The van der Waals surface area contributed by atoms with E-state index in [0.29, 0.717) is 42.6 Å². The maximum absolute atomic E-state index is 13.2. The first-order chi connectivity index (χ1) is 17.8. The molecule has 4 rings (SSSR count). The number of hydrogen-bond donors (Lipinski definition) is 2. The molecule has 0 unspecified atom stereocenters. The average Bonchev–Trinajstić information content (AvgIpc) is 3.41. The molecule has 2 fully saturated rings. The van der Waals surface area contributed by atoms with Crippen LogP contribution in [0.15, 0.2) is 63.6 Å². The van der Waals surface area contributed by atoms with Crippen LogP contribution in [0.2, 0.25) is 0 Å². The third kappa shape index (κ3) is 6.78. The van der Waals surface area contributed by atoms with Gasteiger partial charge in [-0.25, -0.2) is 8.42 Å². The first kappa shape index (κ1) is 27.3. The number of likely N-dealkylation sites (tertiary alicyclic amines) is 1. The highest BCUT2D eigenvalue weighted by Gasteiger charge is 2.34. The van der Waals surface area contributed by atoms with Crippen molar-refractivity contribution in [3.05, 3.63) is 59.3 Å². The minimum Gasteiger partial charge on any atom is -0.405 e. The minimum atomic E-state index is -3.59. The lowest BCUT2D eigenvalue weighted by Crippen LogP contribution is -2.52. The Balaban J connectivity index is 1.28. The molecule has 4 heterocycles. The van der Waals surface area contributed by atoms with Gasteiger partial charge in [0.1, 0.15) is 4.21 Å². The highest BCUT2D eigenvalue weighted by molar-refractivity contribution is 7.91. The Morgan fingerprint density at radius 1 is 1.14 bits per heavy atom. The zero-order chi connectivity index (χ0) is 26.4. The first-order valence-electron chi connectivity index (χ1n) is 12.7. The Kier molecular flexibility index (Phi) is 9.01. The van der Waals surface area contributed by atoms with Gasteiger partial charge >= 0.3 is 0 Å². The van der Waals surface area contributed by atoms with Crippen molar-refractivity contribution < 1.29 is 13.2 Å². The Morgan fingerprint density at radius 3 is 2.49 bits per heavy atom. The second-order valence-corrected chi connectivity index (χ2v) is 12.8. The number of piperidine rings is 1. The molecule has 0 aliphatic carbocycles. The maximum Gasteiger partial charge on any atom is 0.252 e. The van der Waals surface area contributed by atoms with Crippen LogP contribution < -0.4 is 11.5 Å². The average molecular weight is 545 g/mol. The van der Waals surface area contributed by atoms with E-state index in [1.165, 1.54) is 21.8 Å². The van der Waals surface area contributed by atoms with Gasteiger partial charge in [0.15, 0.2) is 0 Å². The van der Waals surface area contributed by atoms with Gasteiger partial charge in [-0.2, -0.15) is 4.31 Å². The number of thiophene rings is 1. The summed E-state index contributed by atoms with van der Waals surface area (Å²) in [5.74, 6) is 0.0932. The minimum absolute atomic E-state index is 0.0365. The molecule has 200 valence electrons. The molecule has 1 amide bonds. The summed E-state index contributed by atoms with van der Waals surface area (Å²) in [6, 6.07) is 3.49. The molecule has 3 aliphatic heterocycles. The van der Waals surface area contributed by atoms with Gasteiger partial charge in [-0.3, -0.25) is 14.7 Å². The topological polar surface area (TPSA) is 125 Å². The molecular weight excluding hydrogens is 508 g/mol. The van der Waals surface area contributed by atoms with Crippen molar-refractivity contribution in [2.45, 2.75) is 29.9 Å². The van der Waals surface area contributed by atoms with Gasteiger partial charge < -0.3 is 16.4 Å². The van der Waals surface area contributed by atoms with Crippen LogP contribution in [0, 0.1) is 5.92 Å². The number of amides is 1. The predicted molar refractivity (Wildman–Crippen MR) is 149 cm³/mol. The van der Waals surface area contributed by atoms with E-state index in [4.69, 9.17) is 11.5 Å². The van der Waals surface area contributed by atoms with Crippen LogP contribution in [-0.4, -0.2) is 80.5 Å². The summed E-state index contributed by atoms with van der Waals surface area (Å²) in [5, 5.41) is 0. The molecule has 2 saturated heterocycles.